The van der Waals surface area contributed by atoms with Gasteiger partial charge in [0.05, 0.1) is 4.92 Å². The van der Waals surface area contributed by atoms with Gasteiger partial charge in [-0.1, -0.05) is 12.1 Å². The molecule has 0 aromatic heterocycles. The molecule has 0 bridgehead atoms. The Morgan fingerprint density at radius 2 is 1.79 bits per heavy atom. The summed E-state index contributed by atoms with van der Waals surface area (Å²) < 4.78 is 5.36. The lowest BCUT2D eigenvalue weighted by Crippen LogP contribution is -2.27. The van der Waals surface area contributed by atoms with Crippen molar-refractivity contribution in [1.82, 2.24) is 4.90 Å². The smallest absolute Gasteiger partial charge is 0.292 e. The number of nitrogens with one attached hydrogen (secondary N) is 2. The van der Waals surface area contributed by atoms with Crippen molar-refractivity contribution in [1.29, 1.82) is 0 Å². The number of ether oxygens (including phenoxy) is 1. The molecule has 0 fully saturated rings. The second kappa shape index (κ2) is 9.91. The van der Waals surface area contributed by atoms with Crippen molar-refractivity contribution < 1.29 is 19.2 Å². The van der Waals surface area contributed by atoms with Gasteiger partial charge in [-0.3, -0.25) is 19.7 Å². The van der Waals surface area contributed by atoms with Crippen LogP contribution in [0.3, 0.4) is 0 Å². The number of benzene rings is 2. The molecule has 0 atom stereocenters. The molecule has 0 aliphatic carbocycles. The topological polar surface area (TPSA) is 114 Å². The Morgan fingerprint density at radius 1 is 1.11 bits per heavy atom. The van der Waals surface area contributed by atoms with Crippen LogP contribution in [-0.4, -0.2) is 48.9 Å². The fraction of sp³-hybridized carbons (Fsp3) is 0.263. The Hall–Kier alpha value is -3.62. The maximum atomic E-state index is 12.0. The number of carbonyl (C=O) groups excluding carboxylic acids is 2. The molecule has 9 nitrogen and oxygen atoms in total. The molecule has 0 spiro atoms. The van der Waals surface area contributed by atoms with Crippen LogP contribution >= 0.6 is 0 Å². The average Bonchev–Trinajstić information content (AvgIpc) is 2.67. The number of hydrogen-bond donors (Lipinski definition) is 2. The van der Waals surface area contributed by atoms with Crippen LogP contribution in [0.25, 0.3) is 0 Å². The van der Waals surface area contributed by atoms with Crippen molar-refractivity contribution in [2.24, 2.45) is 0 Å². The Morgan fingerprint density at radius 3 is 2.43 bits per heavy atom. The van der Waals surface area contributed by atoms with Crippen LogP contribution in [0.5, 0.6) is 5.75 Å². The molecule has 2 amide bonds. The third-order valence-electron chi connectivity index (χ3n) is 3.77. The van der Waals surface area contributed by atoms with E-state index in [1.165, 1.54) is 11.0 Å². The van der Waals surface area contributed by atoms with Gasteiger partial charge in [0.25, 0.3) is 11.6 Å². The molecule has 2 N–H and O–H groups in total. The summed E-state index contributed by atoms with van der Waals surface area (Å²) in [5, 5.41) is 16.6. The Kier molecular flexibility index (Phi) is 7.32. The van der Waals surface area contributed by atoms with Gasteiger partial charge in [-0.25, -0.2) is 0 Å². The highest BCUT2D eigenvalue weighted by atomic mass is 16.6. The van der Waals surface area contributed by atoms with Crippen molar-refractivity contribution in [3.05, 3.63) is 58.6 Å². The number of nitro benzene ring substituents is 1. The number of rotatable bonds is 9. The zero-order chi connectivity index (χ0) is 20.5. The predicted octanol–water partition coefficient (Wildman–Crippen LogP) is 2.50. The molecule has 28 heavy (non-hydrogen) atoms. The van der Waals surface area contributed by atoms with Gasteiger partial charge in [0.15, 0.2) is 6.61 Å². The minimum absolute atomic E-state index is 0.0359. The first-order chi connectivity index (χ1) is 13.4. The summed E-state index contributed by atoms with van der Waals surface area (Å²) in [4.78, 5) is 35.4. The molecule has 2 rings (SSSR count). The molecule has 0 heterocycles. The largest absolute Gasteiger partial charge is 0.484 e. The van der Waals surface area contributed by atoms with Gasteiger partial charge in [0.1, 0.15) is 11.4 Å². The molecule has 0 saturated heterocycles. The highest BCUT2D eigenvalue weighted by Crippen LogP contribution is 2.23. The fourth-order valence-corrected chi connectivity index (χ4v) is 2.23. The van der Waals surface area contributed by atoms with E-state index in [4.69, 9.17) is 4.74 Å². The lowest BCUT2D eigenvalue weighted by molar-refractivity contribution is -0.384. The SMILES string of the molecule is CN(C)C(=O)COc1ccc(NC(=O)CCNc2ccccc2[N+](=O)[O-])cc1. The van der Waals surface area contributed by atoms with Crippen LogP contribution in [-0.2, 0) is 9.59 Å². The summed E-state index contributed by atoms with van der Waals surface area (Å²) in [6.07, 6.45) is 0.141. The van der Waals surface area contributed by atoms with Gasteiger partial charge in [0.2, 0.25) is 5.91 Å². The van der Waals surface area contributed by atoms with Crippen LogP contribution in [0.15, 0.2) is 48.5 Å². The summed E-state index contributed by atoms with van der Waals surface area (Å²) >= 11 is 0. The zero-order valence-electron chi connectivity index (χ0n) is 15.7. The van der Waals surface area contributed by atoms with Gasteiger partial charge >= 0.3 is 0 Å². The Labute approximate surface area is 162 Å². The number of nitrogens with zero attached hydrogens (tertiary/aromatic N) is 2. The van der Waals surface area contributed by atoms with E-state index in [1.807, 2.05) is 0 Å². The molecule has 2 aromatic rings. The van der Waals surface area contributed by atoms with E-state index in [1.54, 1.807) is 56.6 Å². The fourth-order valence-electron chi connectivity index (χ4n) is 2.23. The molecule has 0 aliphatic rings. The minimum Gasteiger partial charge on any atom is -0.484 e. The zero-order valence-corrected chi connectivity index (χ0v) is 15.7. The predicted molar refractivity (Wildman–Crippen MR) is 105 cm³/mol. The molecular weight excluding hydrogens is 364 g/mol. The van der Waals surface area contributed by atoms with Gasteiger partial charge in [-0.05, 0) is 30.3 Å². The molecule has 148 valence electrons. The molecule has 0 saturated carbocycles. The highest BCUT2D eigenvalue weighted by molar-refractivity contribution is 5.91. The Bertz CT molecular complexity index is 836. The first-order valence-electron chi connectivity index (χ1n) is 8.57. The number of hydrogen-bond acceptors (Lipinski definition) is 6. The van der Waals surface area contributed by atoms with Crippen LogP contribution in [0.1, 0.15) is 6.42 Å². The molecule has 0 radical (unpaired) electrons. The van der Waals surface area contributed by atoms with Crippen LogP contribution < -0.4 is 15.4 Å². The summed E-state index contributed by atoms with van der Waals surface area (Å²) in [5.41, 5.74) is 0.919. The molecule has 0 unspecified atom stereocenters. The Balaban J connectivity index is 1.79. The van der Waals surface area contributed by atoms with Crippen molar-refractivity contribution in [2.45, 2.75) is 6.42 Å². The minimum atomic E-state index is -0.474. The van der Waals surface area contributed by atoms with Gasteiger partial charge < -0.3 is 20.3 Å². The van der Waals surface area contributed by atoms with E-state index in [0.29, 0.717) is 17.1 Å². The quantitative estimate of drug-likeness (QED) is 0.506. The third kappa shape index (κ3) is 6.27. The third-order valence-corrected chi connectivity index (χ3v) is 3.77. The number of likely N-dealkylation sites (N-methyl/N-ethyl adjacent to an activating group) is 1. The maximum Gasteiger partial charge on any atom is 0.292 e. The lowest BCUT2D eigenvalue weighted by atomic mass is 10.2. The summed E-state index contributed by atoms with van der Waals surface area (Å²) in [5.74, 6) is 0.136. The average molecular weight is 386 g/mol. The van der Waals surface area contributed by atoms with Gasteiger partial charge in [0, 0.05) is 38.8 Å². The monoisotopic (exact) mass is 386 g/mol. The second-order valence-electron chi connectivity index (χ2n) is 6.10. The number of para-hydroxylation sites is 2. The van der Waals surface area contributed by atoms with Crippen molar-refractivity contribution in [3.63, 3.8) is 0 Å². The summed E-state index contributed by atoms with van der Waals surface area (Å²) in [6.45, 7) is 0.195. The van der Waals surface area contributed by atoms with Crippen molar-refractivity contribution in [2.75, 3.05) is 37.9 Å². The molecular formula is C19H22N4O5. The second-order valence-corrected chi connectivity index (χ2v) is 6.10. The van der Waals surface area contributed by atoms with E-state index in [9.17, 15) is 19.7 Å². The lowest BCUT2D eigenvalue weighted by Gasteiger charge is -2.12. The highest BCUT2D eigenvalue weighted by Gasteiger charge is 2.12. The maximum absolute atomic E-state index is 12.0. The van der Waals surface area contributed by atoms with Crippen molar-refractivity contribution in [3.8, 4) is 5.75 Å². The van der Waals surface area contributed by atoms with Crippen LogP contribution in [0.4, 0.5) is 17.1 Å². The van der Waals surface area contributed by atoms with E-state index in [-0.39, 0.29) is 37.1 Å². The summed E-state index contributed by atoms with van der Waals surface area (Å²) in [6, 6.07) is 12.9. The number of carbonyl (C=O) groups is 2. The van der Waals surface area contributed by atoms with Gasteiger partial charge in [-0.2, -0.15) is 0 Å². The number of amides is 2. The van der Waals surface area contributed by atoms with E-state index in [0.717, 1.165) is 0 Å². The molecule has 0 aliphatic heterocycles. The number of anilines is 2. The number of nitro groups is 1. The van der Waals surface area contributed by atoms with Crippen LogP contribution in [0.2, 0.25) is 0 Å². The molecule has 9 heteroatoms. The van der Waals surface area contributed by atoms with Gasteiger partial charge in [-0.15, -0.1) is 0 Å². The van der Waals surface area contributed by atoms with Crippen LogP contribution in [0, 0.1) is 10.1 Å². The van der Waals surface area contributed by atoms with Crippen molar-refractivity contribution >= 4 is 28.9 Å². The van der Waals surface area contributed by atoms with E-state index >= 15 is 0 Å². The van der Waals surface area contributed by atoms with E-state index in [2.05, 4.69) is 10.6 Å². The summed E-state index contributed by atoms with van der Waals surface area (Å²) in [7, 11) is 3.30. The molecule has 2 aromatic carbocycles. The first kappa shape index (κ1) is 20.7. The first-order valence-corrected chi connectivity index (χ1v) is 8.57. The standard InChI is InChI=1S/C19H22N4O5/c1-22(2)19(25)13-28-15-9-7-14(8-10-15)21-18(24)11-12-20-16-5-3-4-6-17(16)23(26)27/h3-10,20H,11-13H2,1-2H3,(H,21,24). The normalized spacial score (nSPS) is 10.1. The van der Waals surface area contributed by atoms with E-state index < -0.39 is 4.92 Å².